The van der Waals surface area contributed by atoms with Crippen LogP contribution in [-0.4, -0.2) is 37.4 Å². The number of alkyl carbamates (subject to hydrolysis) is 1. The molecule has 0 unspecified atom stereocenters. The predicted molar refractivity (Wildman–Crippen MR) is 91.3 cm³/mol. The van der Waals surface area contributed by atoms with Gasteiger partial charge in [-0.25, -0.2) is 9.59 Å². The summed E-state index contributed by atoms with van der Waals surface area (Å²) in [6.45, 7) is 11.1. The number of carbonyl (C=O) groups excluding carboxylic acids is 2. The molecule has 1 amide bonds. The van der Waals surface area contributed by atoms with Crippen molar-refractivity contribution in [3.8, 4) is 5.75 Å². The van der Waals surface area contributed by atoms with Crippen LogP contribution in [0.1, 0.15) is 37.5 Å². The molecule has 0 radical (unpaired) electrons. The molecular formula is C18H27NO5. The molecule has 6 heteroatoms. The minimum absolute atomic E-state index is 0.0450. The molecule has 0 aromatic heterocycles. The molecule has 1 aromatic carbocycles. The second-order valence-electron chi connectivity index (χ2n) is 6.76. The minimum Gasteiger partial charge on any atom is -0.490 e. The van der Waals surface area contributed by atoms with Crippen molar-refractivity contribution in [1.82, 2.24) is 5.32 Å². The normalized spacial score (nSPS) is 12.3. The van der Waals surface area contributed by atoms with Crippen molar-refractivity contribution < 1.29 is 23.8 Å². The number of carbonyl (C=O) groups is 2. The summed E-state index contributed by atoms with van der Waals surface area (Å²) in [6, 6.07) is 3.04. The molecule has 0 saturated heterocycles. The van der Waals surface area contributed by atoms with E-state index in [1.54, 1.807) is 20.8 Å². The van der Waals surface area contributed by atoms with Gasteiger partial charge in [0, 0.05) is 0 Å². The molecule has 0 spiro atoms. The Morgan fingerprint density at radius 1 is 1.12 bits per heavy atom. The quantitative estimate of drug-likeness (QED) is 0.836. The van der Waals surface area contributed by atoms with E-state index in [2.05, 4.69) is 5.32 Å². The van der Waals surface area contributed by atoms with E-state index in [-0.39, 0.29) is 6.61 Å². The lowest BCUT2D eigenvalue weighted by atomic mass is 10.1. The van der Waals surface area contributed by atoms with E-state index in [1.165, 1.54) is 7.11 Å². The van der Waals surface area contributed by atoms with Gasteiger partial charge in [0.25, 0.3) is 0 Å². The third kappa shape index (κ3) is 6.10. The topological polar surface area (TPSA) is 73.9 Å². The lowest BCUT2D eigenvalue weighted by molar-refractivity contribution is -0.143. The molecule has 0 aliphatic rings. The molecule has 1 aromatic rings. The fraction of sp³-hybridized carbons (Fsp3) is 0.556. The monoisotopic (exact) mass is 337 g/mol. The number of nitrogens with one attached hydrogen (secondary N) is 1. The minimum atomic E-state index is -0.954. The first-order chi connectivity index (χ1) is 11.0. The number of hydrogen-bond donors (Lipinski definition) is 1. The van der Waals surface area contributed by atoms with Crippen LogP contribution < -0.4 is 10.1 Å². The predicted octanol–water partition coefficient (Wildman–Crippen LogP) is 3.06. The van der Waals surface area contributed by atoms with E-state index in [9.17, 15) is 9.59 Å². The second-order valence-corrected chi connectivity index (χ2v) is 6.76. The summed E-state index contributed by atoms with van der Waals surface area (Å²) >= 11 is 0. The summed E-state index contributed by atoms with van der Waals surface area (Å²) in [4.78, 5) is 23.8. The maximum absolute atomic E-state index is 11.9. The number of esters is 1. The van der Waals surface area contributed by atoms with Crippen molar-refractivity contribution in [1.29, 1.82) is 0 Å². The van der Waals surface area contributed by atoms with E-state index >= 15 is 0 Å². The van der Waals surface area contributed by atoms with Gasteiger partial charge in [-0.15, -0.1) is 0 Å². The van der Waals surface area contributed by atoms with Crippen LogP contribution in [0.25, 0.3) is 0 Å². The van der Waals surface area contributed by atoms with Crippen LogP contribution in [0.4, 0.5) is 4.79 Å². The summed E-state index contributed by atoms with van der Waals surface area (Å²) in [5.41, 5.74) is 2.41. The Hall–Kier alpha value is -2.24. The van der Waals surface area contributed by atoms with Crippen LogP contribution in [0, 0.1) is 20.8 Å². The highest BCUT2D eigenvalue weighted by atomic mass is 16.6. The van der Waals surface area contributed by atoms with Crippen LogP contribution >= 0.6 is 0 Å². The van der Waals surface area contributed by atoms with Crippen LogP contribution in [0.5, 0.6) is 5.75 Å². The van der Waals surface area contributed by atoms with E-state index in [1.807, 2.05) is 32.9 Å². The molecule has 24 heavy (non-hydrogen) atoms. The summed E-state index contributed by atoms with van der Waals surface area (Å²) in [5.74, 6) is 0.101. The first kappa shape index (κ1) is 19.8. The number of aryl methyl sites for hydroxylation is 3. The van der Waals surface area contributed by atoms with Gasteiger partial charge < -0.3 is 19.5 Å². The highest BCUT2D eigenvalue weighted by Gasteiger charge is 2.26. The molecule has 6 nitrogen and oxygen atoms in total. The van der Waals surface area contributed by atoms with Gasteiger partial charge in [0.05, 0.1) is 7.11 Å². The molecule has 1 atom stereocenters. The van der Waals surface area contributed by atoms with Crippen molar-refractivity contribution in [3.63, 3.8) is 0 Å². The number of benzene rings is 1. The van der Waals surface area contributed by atoms with E-state index < -0.39 is 23.7 Å². The molecule has 0 saturated carbocycles. The summed E-state index contributed by atoms with van der Waals surface area (Å²) in [6.07, 6.45) is -0.696. The van der Waals surface area contributed by atoms with Gasteiger partial charge in [-0.05, 0) is 52.7 Å². The molecule has 0 bridgehead atoms. The van der Waals surface area contributed by atoms with Gasteiger partial charge in [-0.1, -0.05) is 17.7 Å². The Morgan fingerprint density at radius 2 is 1.67 bits per heavy atom. The van der Waals surface area contributed by atoms with Crippen LogP contribution in [0.15, 0.2) is 12.1 Å². The number of ether oxygens (including phenoxy) is 3. The van der Waals surface area contributed by atoms with Crippen LogP contribution in [-0.2, 0) is 14.3 Å². The highest BCUT2D eigenvalue weighted by molar-refractivity contribution is 5.81. The maximum atomic E-state index is 11.9. The Balaban J connectivity index is 2.81. The van der Waals surface area contributed by atoms with E-state index in [0.717, 1.165) is 16.7 Å². The average molecular weight is 337 g/mol. The highest BCUT2D eigenvalue weighted by Crippen LogP contribution is 2.24. The molecule has 0 heterocycles. The van der Waals surface area contributed by atoms with Crippen molar-refractivity contribution in [2.75, 3.05) is 13.7 Å². The van der Waals surface area contributed by atoms with Crippen molar-refractivity contribution in [3.05, 3.63) is 28.8 Å². The number of amides is 1. The van der Waals surface area contributed by atoms with E-state index in [4.69, 9.17) is 14.2 Å². The number of rotatable bonds is 5. The summed E-state index contributed by atoms with van der Waals surface area (Å²) < 4.78 is 15.7. The molecule has 1 N–H and O–H groups in total. The van der Waals surface area contributed by atoms with Crippen molar-refractivity contribution in [2.45, 2.75) is 53.2 Å². The first-order valence-corrected chi connectivity index (χ1v) is 7.81. The Labute approximate surface area is 143 Å². The zero-order chi connectivity index (χ0) is 18.5. The van der Waals surface area contributed by atoms with Gasteiger partial charge in [-0.3, -0.25) is 0 Å². The van der Waals surface area contributed by atoms with Gasteiger partial charge in [-0.2, -0.15) is 0 Å². The number of methoxy groups -OCH3 is 1. The van der Waals surface area contributed by atoms with Gasteiger partial charge in [0.1, 0.15) is 18.0 Å². The zero-order valence-corrected chi connectivity index (χ0v) is 15.5. The van der Waals surface area contributed by atoms with E-state index in [0.29, 0.717) is 5.75 Å². The third-order valence-electron chi connectivity index (χ3n) is 3.18. The van der Waals surface area contributed by atoms with Crippen LogP contribution in [0.3, 0.4) is 0 Å². The molecule has 0 aliphatic heterocycles. The molecule has 0 fully saturated rings. The fourth-order valence-corrected chi connectivity index (χ4v) is 2.32. The second kappa shape index (κ2) is 8.04. The Kier molecular flexibility index (Phi) is 6.63. The fourth-order valence-electron chi connectivity index (χ4n) is 2.32. The SMILES string of the molecule is COC(=O)[C@H](COc1c(C)cc(C)cc1C)NC(=O)OC(C)(C)C. The maximum Gasteiger partial charge on any atom is 0.408 e. The molecule has 134 valence electrons. The van der Waals surface area contributed by atoms with Gasteiger partial charge in [0.2, 0.25) is 0 Å². The smallest absolute Gasteiger partial charge is 0.408 e. The molecular weight excluding hydrogens is 310 g/mol. The number of hydrogen-bond acceptors (Lipinski definition) is 5. The average Bonchev–Trinajstić information content (AvgIpc) is 2.41. The standard InChI is InChI=1S/C18H27NO5/c1-11-8-12(2)15(13(3)9-11)23-10-14(16(20)22-7)19-17(21)24-18(4,5)6/h8-9,14H,10H2,1-7H3,(H,19,21)/t14-/m0/s1. The lowest BCUT2D eigenvalue weighted by Gasteiger charge is -2.23. The Morgan fingerprint density at radius 3 is 2.12 bits per heavy atom. The van der Waals surface area contributed by atoms with Crippen molar-refractivity contribution >= 4 is 12.1 Å². The van der Waals surface area contributed by atoms with Gasteiger partial charge >= 0.3 is 12.1 Å². The van der Waals surface area contributed by atoms with Crippen molar-refractivity contribution in [2.24, 2.45) is 0 Å². The van der Waals surface area contributed by atoms with Crippen LogP contribution in [0.2, 0.25) is 0 Å². The summed E-state index contributed by atoms with van der Waals surface area (Å²) in [7, 11) is 1.26. The molecule has 1 rings (SSSR count). The van der Waals surface area contributed by atoms with Gasteiger partial charge in [0.15, 0.2) is 6.04 Å². The lowest BCUT2D eigenvalue weighted by Crippen LogP contribution is -2.47. The largest absolute Gasteiger partial charge is 0.490 e. The third-order valence-corrected chi connectivity index (χ3v) is 3.18. The molecule has 0 aliphatic carbocycles. The Bertz CT molecular complexity index is 581. The summed E-state index contributed by atoms with van der Waals surface area (Å²) in [5, 5.41) is 2.48. The first-order valence-electron chi connectivity index (χ1n) is 7.81. The zero-order valence-electron chi connectivity index (χ0n) is 15.5.